The third-order valence-corrected chi connectivity index (χ3v) is 2.42. The van der Waals surface area contributed by atoms with E-state index in [1.165, 1.54) is 6.07 Å². The molecular weight excluding hydrogens is 199 g/mol. The van der Waals surface area contributed by atoms with Gasteiger partial charge in [0.05, 0.1) is 5.39 Å². The second-order valence-corrected chi connectivity index (χ2v) is 3.39. The fourth-order valence-corrected chi connectivity index (χ4v) is 1.43. The van der Waals surface area contributed by atoms with Gasteiger partial charge in [-0.05, 0) is 19.9 Å². The Labute approximate surface area is 84.8 Å². The summed E-state index contributed by atoms with van der Waals surface area (Å²) >= 11 is 0. The Hall–Kier alpha value is -1.91. The average molecular weight is 208 g/mol. The van der Waals surface area contributed by atoms with Gasteiger partial charge >= 0.3 is 5.97 Å². The molecule has 0 aliphatic heterocycles. The number of hydrogen-bond donors (Lipinski definition) is 2. The highest BCUT2D eigenvalue weighted by atomic mass is 19.1. The lowest BCUT2D eigenvalue weighted by Gasteiger charge is -2.00. The summed E-state index contributed by atoms with van der Waals surface area (Å²) in [7, 11) is 0. The average Bonchev–Trinajstić information content (AvgIpc) is 2.58. The van der Waals surface area contributed by atoms with Gasteiger partial charge in [-0.15, -0.1) is 0 Å². The number of pyridine rings is 1. The van der Waals surface area contributed by atoms with E-state index < -0.39 is 11.8 Å². The molecular formula is C10H9FN2O2. The second-order valence-electron chi connectivity index (χ2n) is 3.39. The van der Waals surface area contributed by atoms with Crippen LogP contribution in [-0.4, -0.2) is 21.0 Å². The maximum absolute atomic E-state index is 13.7. The number of fused-ring (bicyclic) bond motifs is 1. The van der Waals surface area contributed by atoms with Gasteiger partial charge in [0.1, 0.15) is 17.2 Å². The molecule has 0 aliphatic carbocycles. The summed E-state index contributed by atoms with van der Waals surface area (Å²) in [5.74, 6) is -1.54. The first kappa shape index (κ1) is 9.64. The van der Waals surface area contributed by atoms with Crippen molar-refractivity contribution >= 4 is 17.0 Å². The van der Waals surface area contributed by atoms with Crippen LogP contribution in [0.5, 0.6) is 0 Å². The molecule has 0 aromatic carbocycles. The van der Waals surface area contributed by atoms with E-state index in [-0.39, 0.29) is 16.7 Å². The van der Waals surface area contributed by atoms with Crippen LogP contribution in [0.15, 0.2) is 6.07 Å². The van der Waals surface area contributed by atoms with E-state index >= 15 is 0 Å². The number of aromatic carboxylic acids is 1. The number of carbonyl (C=O) groups is 1. The molecule has 0 bridgehead atoms. The first-order chi connectivity index (χ1) is 7.00. The molecule has 0 aliphatic rings. The van der Waals surface area contributed by atoms with Crippen LogP contribution in [0.2, 0.25) is 0 Å². The van der Waals surface area contributed by atoms with Crippen molar-refractivity contribution in [1.82, 2.24) is 9.97 Å². The number of carboxylic acids is 1. The molecule has 0 spiro atoms. The number of aryl methyl sites for hydroxylation is 1. The predicted molar refractivity (Wildman–Crippen MR) is 52.5 cm³/mol. The normalized spacial score (nSPS) is 10.9. The lowest BCUT2D eigenvalue weighted by Crippen LogP contribution is -1.95. The highest BCUT2D eigenvalue weighted by Crippen LogP contribution is 2.21. The third kappa shape index (κ3) is 1.36. The van der Waals surface area contributed by atoms with Crippen LogP contribution in [-0.2, 0) is 0 Å². The van der Waals surface area contributed by atoms with Crippen molar-refractivity contribution in [2.75, 3.05) is 0 Å². The number of aromatic amines is 1. The number of hydrogen-bond acceptors (Lipinski definition) is 2. The van der Waals surface area contributed by atoms with Gasteiger partial charge < -0.3 is 10.1 Å². The van der Waals surface area contributed by atoms with Crippen LogP contribution < -0.4 is 0 Å². The Balaban J connectivity index is 2.82. The minimum absolute atomic E-state index is 0.0543. The van der Waals surface area contributed by atoms with E-state index in [2.05, 4.69) is 9.97 Å². The van der Waals surface area contributed by atoms with Crippen molar-refractivity contribution in [3.05, 3.63) is 28.8 Å². The van der Waals surface area contributed by atoms with Crippen LogP contribution >= 0.6 is 0 Å². The largest absolute Gasteiger partial charge is 0.477 e. The molecule has 4 nitrogen and oxygen atoms in total. The Morgan fingerprint density at radius 2 is 2.20 bits per heavy atom. The van der Waals surface area contributed by atoms with Crippen LogP contribution in [0.25, 0.3) is 11.0 Å². The van der Waals surface area contributed by atoms with Crippen LogP contribution in [0.4, 0.5) is 4.39 Å². The molecule has 0 radical (unpaired) electrons. The monoisotopic (exact) mass is 208 g/mol. The highest BCUT2D eigenvalue weighted by Gasteiger charge is 2.14. The lowest BCUT2D eigenvalue weighted by molar-refractivity contribution is 0.0691. The second kappa shape index (κ2) is 3.05. The van der Waals surface area contributed by atoms with E-state index in [9.17, 15) is 9.18 Å². The van der Waals surface area contributed by atoms with Gasteiger partial charge in [0.25, 0.3) is 0 Å². The first-order valence-electron chi connectivity index (χ1n) is 4.39. The maximum atomic E-state index is 13.7. The molecule has 2 N–H and O–H groups in total. The van der Waals surface area contributed by atoms with Crippen molar-refractivity contribution in [1.29, 1.82) is 0 Å². The summed E-state index contributed by atoms with van der Waals surface area (Å²) in [6, 6.07) is 1.26. The zero-order valence-electron chi connectivity index (χ0n) is 8.26. The molecule has 2 rings (SSSR count). The molecule has 2 aromatic rings. The van der Waals surface area contributed by atoms with Crippen molar-refractivity contribution in [2.45, 2.75) is 13.8 Å². The first-order valence-corrected chi connectivity index (χ1v) is 4.39. The zero-order chi connectivity index (χ0) is 11.2. The number of aromatic nitrogens is 2. The molecule has 0 amide bonds. The van der Waals surface area contributed by atoms with Crippen LogP contribution in [0.3, 0.4) is 0 Å². The molecule has 5 heteroatoms. The third-order valence-electron chi connectivity index (χ3n) is 2.42. The number of nitrogens with one attached hydrogen (secondary N) is 1. The molecule has 0 unspecified atom stereocenters. The topological polar surface area (TPSA) is 66.0 Å². The number of H-pyrrole nitrogens is 1. The zero-order valence-corrected chi connectivity index (χ0v) is 8.26. The summed E-state index contributed by atoms with van der Waals surface area (Å²) in [6.45, 7) is 3.30. The van der Waals surface area contributed by atoms with Gasteiger partial charge in [-0.1, -0.05) is 0 Å². The summed E-state index contributed by atoms with van der Waals surface area (Å²) in [4.78, 5) is 17.3. The summed E-state index contributed by atoms with van der Waals surface area (Å²) in [5, 5.41) is 8.95. The van der Waals surface area contributed by atoms with Gasteiger partial charge in [-0.25, -0.2) is 14.2 Å². The predicted octanol–water partition coefficient (Wildman–Crippen LogP) is 2.02. The lowest BCUT2D eigenvalue weighted by atomic mass is 10.2. The van der Waals surface area contributed by atoms with Crippen molar-refractivity contribution in [3.8, 4) is 0 Å². The van der Waals surface area contributed by atoms with E-state index in [1.54, 1.807) is 13.8 Å². The molecule has 15 heavy (non-hydrogen) atoms. The van der Waals surface area contributed by atoms with E-state index in [0.29, 0.717) is 11.3 Å². The van der Waals surface area contributed by atoms with E-state index in [4.69, 9.17) is 5.11 Å². The quantitative estimate of drug-likeness (QED) is 0.753. The number of nitrogens with zero attached hydrogens (tertiary/aromatic N) is 1. The number of halogens is 1. The molecule has 0 atom stereocenters. The summed E-state index contributed by atoms with van der Waals surface area (Å²) < 4.78 is 13.7. The Morgan fingerprint density at radius 3 is 2.80 bits per heavy atom. The molecule has 2 aromatic heterocycles. The van der Waals surface area contributed by atoms with Crippen molar-refractivity contribution in [3.63, 3.8) is 0 Å². The Kier molecular flexibility index (Phi) is 1.96. The van der Waals surface area contributed by atoms with Crippen molar-refractivity contribution < 1.29 is 14.3 Å². The van der Waals surface area contributed by atoms with Gasteiger partial charge in [-0.3, -0.25) is 0 Å². The van der Waals surface area contributed by atoms with Gasteiger partial charge in [-0.2, -0.15) is 0 Å². The van der Waals surface area contributed by atoms with E-state index in [0.717, 1.165) is 0 Å². The van der Waals surface area contributed by atoms with E-state index in [1.807, 2.05) is 0 Å². The smallest absolute Gasteiger partial charge is 0.352 e. The molecule has 2 heterocycles. The minimum atomic E-state index is -1.12. The Morgan fingerprint density at radius 1 is 1.53 bits per heavy atom. The number of rotatable bonds is 1. The van der Waals surface area contributed by atoms with Gasteiger partial charge in [0, 0.05) is 11.3 Å². The molecule has 0 saturated carbocycles. The highest BCUT2D eigenvalue weighted by molar-refractivity contribution is 5.92. The standard InChI is InChI=1S/C10H9FN2O2/c1-4-5(2)12-9-6(8(4)11)3-7(13-9)10(14)15/h3H,1-2H3,(H,12,13)(H,14,15). The summed E-state index contributed by atoms with van der Waals surface area (Å²) in [5.41, 5.74) is 1.21. The minimum Gasteiger partial charge on any atom is -0.477 e. The number of carboxylic acid groups (broad SMARTS) is 1. The Bertz CT molecular complexity index is 560. The van der Waals surface area contributed by atoms with Gasteiger partial charge in [0.15, 0.2) is 0 Å². The molecule has 78 valence electrons. The fraction of sp³-hybridized carbons (Fsp3) is 0.200. The molecule has 0 fully saturated rings. The van der Waals surface area contributed by atoms with Crippen molar-refractivity contribution in [2.24, 2.45) is 0 Å². The van der Waals surface area contributed by atoms with Gasteiger partial charge in [0.2, 0.25) is 0 Å². The summed E-state index contributed by atoms with van der Waals surface area (Å²) in [6.07, 6.45) is 0. The fourth-order valence-electron chi connectivity index (χ4n) is 1.43. The van der Waals surface area contributed by atoms with Crippen LogP contribution in [0, 0.1) is 19.7 Å². The SMILES string of the molecule is Cc1nc2[nH]c(C(=O)O)cc2c(F)c1C. The van der Waals surface area contributed by atoms with Crippen LogP contribution in [0.1, 0.15) is 21.7 Å². The molecule has 0 saturated heterocycles. The maximum Gasteiger partial charge on any atom is 0.352 e.